The molecule has 0 bridgehead atoms. The van der Waals surface area contributed by atoms with E-state index in [1.165, 1.54) is 18.4 Å². The van der Waals surface area contributed by atoms with Crippen molar-refractivity contribution in [3.63, 3.8) is 0 Å². The van der Waals surface area contributed by atoms with E-state index < -0.39 is 0 Å². The predicted molar refractivity (Wildman–Crippen MR) is 132 cm³/mol. The van der Waals surface area contributed by atoms with Crippen molar-refractivity contribution in [2.45, 2.75) is 53.4 Å². The molecule has 2 aromatic rings. The zero-order chi connectivity index (χ0) is 23.1. The van der Waals surface area contributed by atoms with E-state index in [1.807, 2.05) is 53.4 Å². The van der Waals surface area contributed by atoms with E-state index in [2.05, 4.69) is 37.9 Å². The van der Waals surface area contributed by atoms with Gasteiger partial charge in [-0.15, -0.1) is 0 Å². The summed E-state index contributed by atoms with van der Waals surface area (Å²) in [4.78, 5) is 29.3. The Balaban J connectivity index is 1.51. The number of anilines is 2. The lowest BCUT2D eigenvalue weighted by molar-refractivity contribution is -0.133. The van der Waals surface area contributed by atoms with E-state index in [-0.39, 0.29) is 17.2 Å². The maximum Gasteiger partial charge on any atom is 0.255 e. The summed E-state index contributed by atoms with van der Waals surface area (Å²) >= 11 is 0. The van der Waals surface area contributed by atoms with Gasteiger partial charge in [0.15, 0.2) is 0 Å². The number of piperazine rings is 1. The Bertz CT molecular complexity index is 890. The minimum absolute atomic E-state index is 0.0194. The molecular weight excluding hydrogens is 398 g/mol. The number of amides is 2. The molecule has 1 aliphatic heterocycles. The van der Waals surface area contributed by atoms with Gasteiger partial charge in [0.2, 0.25) is 5.91 Å². The number of hydrogen-bond acceptors (Lipinski definition) is 3. The van der Waals surface area contributed by atoms with Gasteiger partial charge in [0.1, 0.15) is 0 Å². The van der Waals surface area contributed by atoms with Gasteiger partial charge in [-0.3, -0.25) is 9.59 Å². The van der Waals surface area contributed by atoms with E-state index in [0.717, 1.165) is 44.0 Å². The smallest absolute Gasteiger partial charge is 0.255 e. The number of benzene rings is 2. The lowest BCUT2D eigenvalue weighted by Crippen LogP contribution is -2.49. The van der Waals surface area contributed by atoms with Crippen molar-refractivity contribution in [3.05, 3.63) is 59.7 Å². The van der Waals surface area contributed by atoms with Gasteiger partial charge in [-0.1, -0.05) is 46.2 Å². The standard InChI is InChI=1S/C27H37N3O2/c1-5-6-7-21-8-10-22(11-9-21)26(32)28-23-12-14-24(15-13-23)29-16-18-30(19-17-29)25(31)20-27(2,3)4/h8-15H,5-7,16-20H2,1-4H3,(H,28,32). The average molecular weight is 436 g/mol. The van der Waals surface area contributed by atoms with Crippen molar-refractivity contribution >= 4 is 23.2 Å². The molecule has 1 saturated heterocycles. The number of hydrogen-bond donors (Lipinski definition) is 1. The first-order valence-corrected chi connectivity index (χ1v) is 11.8. The molecule has 172 valence electrons. The first-order valence-electron chi connectivity index (χ1n) is 11.8. The SMILES string of the molecule is CCCCc1ccc(C(=O)Nc2ccc(N3CCN(C(=O)CC(C)(C)C)CC3)cc2)cc1. The molecule has 0 saturated carbocycles. The van der Waals surface area contributed by atoms with Gasteiger partial charge >= 0.3 is 0 Å². The molecule has 0 radical (unpaired) electrons. The van der Waals surface area contributed by atoms with Crippen molar-refractivity contribution in [1.29, 1.82) is 0 Å². The third-order valence-corrected chi connectivity index (χ3v) is 5.84. The van der Waals surface area contributed by atoms with Crippen LogP contribution in [0.4, 0.5) is 11.4 Å². The largest absolute Gasteiger partial charge is 0.368 e. The molecule has 1 aliphatic rings. The van der Waals surface area contributed by atoms with E-state index >= 15 is 0 Å². The van der Waals surface area contributed by atoms with E-state index in [1.54, 1.807) is 0 Å². The van der Waals surface area contributed by atoms with Crippen molar-refractivity contribution in [2.75, 3.05) is 36.4 Å². The maximum atomic E-state index is 12.6. The van der Waals surface area contributed by atoms with Crippen LogP contribution in [0, 0.1) is 5.41 Å². The van der Waals surface area contributed by atoms with Gasteiger partial charge in [0.05, 0.1) is 0 Å². The zero-order valence-electron chi connectivity index (χ0n) is 20.0. The van der Waals surface area contributed by atoms with Gasteiger partial charge in [-0.05, 0) is 60.2 Å². The number of nitrogens with one attached hydrogen (secondary N) is 1. The van der Waals surface area contributed by atoms with E-state index in [9.17, 15) is 9.59 Å². The molecule has 2 amide bonds. The molecule has 1 fully saturated rings. The Morgan fingerprint density at radius 1 is 0.906 bits per heavy atom. The molecule has 1 heterocycles. The minimum Gasteiger partial charge on any atom is -0.368 e. The normalized spacial score (nSPS) is 14.4. The highest BCUT2D eigenvalue weighted by Crippen LogP contribution is 2.23. The molecule has 0 aliphatic carbocycles. The lowest BCUT2D eigenvalue weighted by atomic mass is 9.91. The van der Waals surface area contributed by atoms with Crippen molar-refractivity contribution in [1.82, 2.24) is 4.90 Å². The van der Waals surface area contributed by atoms with Crippen molar-refractivity contribution in [3.8, 4) is 0 Å². The van der Waals surface area contributed by atoms with Crippen LogP contribution in [0.2, 0.25) is 0 Å². The number of rotatable bonds is 7. The lowest BCUT2D eigenvalue weighted by Gasteiger charge is -2.37. The van der Waals surface area contributed by atoms with Crippen LogP contribution >= 0.6 is 0 Å². The van der Waals surface area contributed by atoms with Crippen LogP contribution < -0.4 is 10.2 Å². The first-order chi connectivity index (χ1) is 15.2. The fourth-order valence-electron chi connectivity index (χ4n) is 3.94. The van der Waals surface area contributed by atoms with Gasteiger partial charge in [0.25, 0.3) is 5.91 Å². The summed E-state index contributed by atoms with van der Waals surface area (Å²) in [6.45, 7) is 11.6. The second-order valence-corrected chi connectivity index (χ2v) is 9.91. The van der Waals surface area contributed by atoms with Gasteiger partial charge in [0, 0.05) is 49.5 Å². The van der Waals surface area contributed by atoms with Crippen LogP contribution in [0.5, 0.6) is 0 Å². The van der Waals surface area contributed by atoms with Gasteiger partial charge in [-0.25, -0.2) is 0 Å². The number of unbranched alkanes of at least 4 members (excludes halogenated alkanes) is 1. The molecule has 5 nitrogen and oxygen atoms in total. The van der Waals surface area contributed by atoms with Crippen LogP contribution in [-0.4, -0.2) is 42.9 Å². The summed E-state index contributed by atoms with van der Waals surface area (Å²) in [5, 5.41) is 2.98. The summed E-state index contributed by atoms with van der Waals surface area (Å²) in [6.07, 6.45) is 3.98. The zero-order valence-corrected chi connectivity index (χ0v) is 20.0. The summed E-state index contributed by atoms with van der Waals surface area (Å²) in [5.74, 6) is 0.152. The highest BCUT2D eigenvalue weighted by atomic mass is 16.2. The Hall–Kier alpha value is -2.82. The van der Waals surface area contributed by atoms with Crippen LogP contribution in [-0.2, 0) is 11.2 Å². The van der Waals surface area contributed by atoms with Gasteiger partial charge in [-0.2, -0.15) is 0 Å². The topological polar surface area (TPSA) is 52.7 Å². The molecule has 2 aromatic carbocycles. The molecule has 5 heteroatoms. The Labute approximate surface area is 192 Å². The molecule has 3 rings (SSSR count). The molecule has 0 spiro atoms. The number of nitrogens with zero attached hydrogens (tertiary/aromatic N) is 2. The summed E-state index contributed by atoms with van der Waals surface area (Å²) in [7, 11) is 0. The fourth-order valence-corrected chi connectivity index (χ4v) is 3.94. The molecule has 0 aromatic heterocycles. The molecule has 0 unspecified atom stereocenters. The Kier molecular flexibility index (Phi) is 7.94. The third-order valence-electron chi connectivity index (χ3n) is 5.84. The average Bonchev–Trinajstić information content (AvgIpc) is 2.77. The molecule has 0 atom stereocenters. The van der Waals surface area contributed by atoms with Crippen LogP contribution in [0.25, 0.3) is 0 Å². The monoisotopic (exact) mass is 435 g/mol. The quantitative estimate of drug-likeness (QED) is 0.636. The van der Waals surface area contributed by atoms with Crippen molar-refractivity contribution < 1.29 is 9.59 Å². The summed E-state index contributed by atoms with van der Waals surface area (Å²) in [6, 6.07) is 15.8. The van der Waals surface area contributed by atoms with Crippen LogP contribution in [0.1, 0.15) is 62.9 Å². The maximum absolute atomic E-state index is 12.6. The van der Waals surface area contributed by atoms with E-state index in [4.69, 9.17) is 0 Å². The number of carbonyl (C=O) groups excluding carboxylic acids is 2. The molecular formula is C27H37N3O2. The second kappa shape index (κ2) is 10.7. The third kappa shape index (κ3) is 6.84. The Morgan fingerprint density at radius 3 is 2.09 bits per heavy atom. The van der Waals surface area contributed by atoms with E-state index in [0.29, 0.717) is 12.0 Å². The minimum atomic E-state index is -0.0919. The highest BCUT2D eigenvalue weighted by Gasteiger charge is 2.25. The Morgan fingerprint density at radius 2 is 1.53 bits per heavy atom. The fraction of sp³-hybridized carbons (Fsp3) is 0.481. The molecule has 32 heavy (non-hydrogen) atoms. The summed E-state index contributed by atoms with van der Waals surface area (Å²) in [5.41, 5.74) is 3.86. The van der Waals surface area contributed by atoms with Crippen molar-refractivity contribution in [2.24, 2.45) is 5.41 Å². The number of aryl methyl sites for hydroxylation is 1. The van der Waals surface area contributed by atoms with Crippen LogP contribution in [0.3, 0.4) is 0 Å². The van der Waals surface area contributed by atoms with Crippen LogP contribution in [0.15, 0.2) is 48.5 Å². The molecule has 1 N–H and O–H groups in total. The first kappa shape index (κ1) is 23.8. The summed E-state index contributed by atoms with van der Waals surface area (Å²) < 4.78 is 0. The van der Waals surface area contributed by atoms with Gasteiger partial charge < -0.3 is 15.1 Å². The second-order valence-electron chi connectivity index (χ2n) is 9.91. The number of carbonyl (C=O) groups is 2. The predicted octanol–water partition coefficient (Wildman–Crippen LogP) is 5.37. The highest BCUT2D eigenvalue weighted by molar-refractivity contribution is 6.04.